The summed E-state index contributed by atoms with van der Waals surface area (Å²) in [6.07, 6.45) is 6.62. The summed E-state index contributed by atoms with van der Waals surface area (Å²) in [7, 11) is 1.55. The van der Waals surface area contributed by atoms with E-state index in [2.05, 4.69) is 5.32 Å². The van der Waals surface area contributed by atoms with Crippen LogP contribution in [-0.2, 0) is 11.3 Å². The molecule has 33 heavy (non-hydrogen) atoms. The second-order valence-corrected chi connectivity index (χ2v) is 10.5. The van der Waals surface area contributed by atoms with Crippen LogP contribution in [0.15, 0.2) is 35.7 Å². The molecule has 1 aliphatic carbocycles. The molecule has 2 aromatic heterocycles. The van der Waals surface area contributed by atoms with Gasteiger partial charge in [0.1, 0.15) is 17.0 Å². The van der Waals surface area contributed by atoms with E-state index >= 15 is 0 Å². The Morgan fingerprint density at radius 2 is 1.94 bits per heavy atom. The summed E-state index contributed by atoms with van der Waals surface area (Å²) in [5.74, 6) is 0.195. The van der Waals surface area contributed by atoms with Crippen LogP contribution in [0.4, 0.5) is 5.69 Å². The molecule has 0 unspecified atom stereocenters. The number of carbonyl (C=O) groups is 2. The number of thiophene rings is 1. The summed E-state index contributed by atoms with van der Waals surface area (Å²) >= 11 is 8.02. The van der Waals surface area contributed by atoms with E-state index in [1.165, 1.54) is 12.8 Å². The molecule has 2 aliphatic rings. The van der Waals surface area contributed by atoms with Crippen LogP contribution >= 0.6 is 22.9 Å². The molecule has 1 aromatic carbocycles. The van der Waals surface area contributed by atoms with Crippen LogP contribution in [0.3, 0.4) is 0 Å². The van der Waals surface area contributed by atoms with Gasteiger partial charge in [0.15, 0.2) is 0 Å². The fourth-order valence-electron chi connectivity index (χ4n) is 5.18. The summed E-state index contributed by atoms with van der Waals surface area (Å²) in [6.45, 7) is 2.23. The van der Waals surface area contributed by atoms with Gasteiger partial charge < -0.3 is 14.6 Å². The molecule has 1 N–H and O–H groups in total. The van der Waals surface area contributed by atoms with Crippen molar-refractivity contribution in [3.63, 3.8) is 0 Å². The summed E-state index contributed by atoms with van der Waals surface area (Å²) in [5.41, 5.74) is 1.05. The average Bonchev–Trinajstić information content (AvgIpc) is 3.28. The van der Waals surface area contributed by atoms with Gasteiger partial charge in [0, 0.05) is 11.7 Å². The maximum absolute atomic E-state index is 13.9. The van der Waals surface area contributed by atoms with E-state index in [9.17, 15) is 9.59 Å². The van der Waals surface area contributed by atoms with Gasteiger partial charge in [0.2, 0.25) is 5.91 Å². The molecule has 0 bridgehead atoms. The highest BCUT2D eigenvalue weighted by atomic mass is 35.5. The second-order valence-electron chi connectivity index (χ2n) is 9.18. The Balaban J connectivity index is 1.58. The maximum Gasteiger partial charge on any atom is 0.275 e. The Kier molecular flexibility index (Phi) is 5.87. The zero-order valence-electron chi connectivity index (χ0n) is 18.9. The van der Waals surface area contributed by atoms with E-state index < -0.39 is 5.54 Å². The van der Waals surface area contributed by atoms with E-state index in [0.717, 1.165) is 35.9 Å². The van der Waals surface area contributed by atoms with Crippen molar-refractivity contribution in [2.75, 3.05) is 12.0 Å². The minimum atomic E-state index is -1.11. The van der Waals surface area contributed by atoms with Crippen molar-refractivity contribution in [2.45, 2.75) is 63.6 Å². The predicted octanol–water partition coefficient (Wildman–Crippen LogP) is 5.62. The van der Waals surface area contributed by atoms with Crippen LogP contribution in [0.2, 0.25) is 5.02 Å². The number of hydrogen-bond donors (Lipinski definition) is 1. The van der Waals surface area contributed by atoms with Crippen molar-refractivity contribution in [3.8, 4) is 5.75 Å². The number of methoxy groups -OCH3 is 1. The SMILES string of the molecule is COc1ccc(N2C(=O)c3cc4sccc4n3C[C@@]2(C)C(=O)NC2CCCCCC2)cc1Cl. The molecule has 0 radical (unpaired) electrons. The highest BCUT2D eigenvalue weighted by Gasteiger charge is 2.49. The molecule has 1 aliphatic heterocycles. The molecule has 6 nitrogen and oxygen atoms in total. The fourth-order valence-corrected chi connectivity index (χ4v) is 6.25. The average molecular weight is 486 g/mol. The highest BCUT2D eigenvalue weighted by Crippen LogP contribution is 2.39. The number of nitrogens with one attached hydrogen (secondary N) is 1. The first-order chi connectivity index (χ1) is 15.9. The topological polar surface area (TPSA) is 63.6 Å². The monoisotopic (exact) mass is 485 g/mol. The number of halogens is 1. The zero-order valence-corrected chi connectivity index (χ0v) is 20.5. The highest BCUT2D eigenvalue weighted by molar-refractivity contribution is 7.17. The Labute approximate surface area is 202 Å². The van der Waals surface area contributed by atoms with Crippen LogP contribution in [0, 0.1) is 0 Å². The van der Waals surface area contributed by atoms with Crippen LogP contribution < -0.4 is 15.0 Å². The molecule has 3 aromatic rings. The van der Waals surface area contributed by atoms with Gasteiger partial charge in [-0.1, -0.05) is 37.3 Å². The summed E-state index contributed by atoms with van der Waals surface area (Å²) in [6, 6.07) is 9.31. The number of carbonyl (C=O) groups excluding carboxylic acids is 2. The number of aromatic nitrogens is 1. The lowest BCUT2D eigenvalue weighted by molar-refractivity contribution is -0.127. The lowest BCUT2D eigenvalue weighted by Gasteiger charge is -2.44. The number of rotatable bonds is 4. The van der Waals surface area contributed by atoms with Gasteiger partial charge in [-0.25, -0.2) is 0 Å². The van der Waals surface area contributed by atoms with Crippen LogP contribution in [-0.4, -0.2) is 35.1 Å². The van der Waals surface area contributed by atoms with E-state index in [4.69, 9.17) is 16.3 Å². The number of amides is 2. The third kappa shape index (κ3) is 3.81. The molecule has 174 valence electrons. The van der Waals surface area contributed by atoms with Gasteiger partial charge in [0.05, 0.1) is 28.9 Å². The van der Waals surface area contributed by atoms with Gasteiger partial charge >= 0.3 is 0 Å². The number of hydrogen-bond acceptors (Lipinski definition) is 4. The first-order valence-electron chi connectivity index (χ1n) is 11.5. The molecule has 1 atom stereocenters. The quantitative estimate of drug-likeness (QED) is 0.487. The standard InChI is InChI=1S/C25H28ClN3O3S/c1-25(24(31)27-16-7-5-3-4-6-8-16)15-28-19-11-12-33-22(19)14-20(28)23(30)29(25)17-9-10-21(32-2)18(26)13-17/h9-14,16H,3-8,15H2,1-2H3,(H,27,31)/t25-/m0/s1. The second kappa shape index (κ2) is 8.69. The minimum absolute atomic E-state index is 0.127. The lowest BCUT2D eigenvalue weighted by Crippen LogP contribution is -2.65. The molecule has 8 heteroatoms. The minimum Gasteiger partial charge on any atom is -0.495 e. The van der Waals surface area contributed by atoms with Crippen molar-refractivity contribution in [1.82, 2.24) is 9.88 Å². The van der Waals surface area contributed by atoms with E-state index in [-0.39, 0.29) is 17.9 Å². The van der Waals surface area contributed by atoms with Crippen molar-refractivity contribution in [2.24, 2.45) is 0 Å². The number of anilines is 1. The molecule has 1 fully saturated rings. The Bertz CT molecular complexity index is 1210. The van der Waals surface area contributed by atoms with E-state index in [1.54, 1.807) is 41.5 Å². The van der Waals surface area contributed by atoms with Gasteiger partial charge in [-0.3, -0.25) is 14.5 Å². The van der Waals surface area contributed by atoms with Crippen molar-refractivity contribution < 1.29 is 14.3 Å². The van der Waals surface area contributed by atoms with Gasteiger partial charge in [0.25, 0.3) is 5.91 Å². The van der Waals surface area contributed by atoms with Crippen LogP contribution in [0.25, 0.3) is 10.2 Å². The number of nitrogens with zero attached hydrogens (tertiary/aromatic N) is 2. The Morgan fingerprint density at radius 1 is 1.18 bits per heavy atom. The zero-order chi connectivity index (χ0) is 23.2. The fraction of sp³-hybridized carbons (Fsp3) is 0.440. The third-order valence-corrected chi connectivity index (χ3v) is 8.13. The van der Waals surface area contributed by atoms with Gasteiger partial charge in [-0.2, -0.15) is 0 Å². The Morgan fingerprint density at radius 3 is 2.64 bits per heavy atom. The van der Waals surface area contributed by atoms with Gasteiger partial charge in [-0.05, 0) is 55.5 Å². The van der Waals surface area contributed by atoms with Crippen molar-refractivity contribution in [1.29, 1.82) is 0 Å². The smallest absolute Gasteiger partial charge is 0.275 e. The van der Waals surface area contributed by atoms with Crippen molar-refractivity contribution >= 4 is 50.7 Å². The van der Waals surface area contributed by atoms with E-state index in [1.807, 2.05) is 29.0 Å². The first-order valence-corrected chi connectivity index (χ1v) is 12.7. The van der Waals surface area contributed by atoms with Gasteiger partial charge in [-0.15, -0.1) is 11.3 Å². The normalized spacial score (nSPS) is 21.7. The van der Waals surface area contributed by atoms with Crippen molar-refractivity contribution in [3.05, 3.63) is 46.4 Å². The maximum atomic E-state index is 13.9. The number of benzene rings is 1. The first kappa shape index (κ1) is 22.3. The van der Waals surface area contributed by atoms with Crippen LogP contribution in [0.1, 0.15) is 55.9 Å². The summed E-state index contributed by atoms with van der Waals surface area (Å²) in [5, 5.41) is 5.70. The summed E-state index contributed by atoms with van der Waals surface area (Å²) in [4.78, 5) is 29.4. The molecule has 5 rings (SSSR count). The molecule has 0 spiro atoms. The summed E-state index contributed by atoms with van der Waals surface area (Å²) < 4.78 is 8.32. The largest absolute Gasteiger partial charge is 0.495 e. The molecule has 0 saturated heterocycles. The predicted molar refractivity (Wildman–Crippen MR) is 133 cm³/mol. The number of fused-ring (bicyclic) bond motifs is 3. The molecular formula is C25H28ClN3O3S. The Hall–Kier alpha value is -2.51. The molecule has 2 amide bonds. The third-order valence-electron chi connectivity index (χ3n) is 6.98. The lowest BCUT2D eigenvalue weighted by atomic mass is 9.92. The molecular weight excluding hydrogens is 458 g/mol. The molecule has 1 saturated carbocycles. The van der Waals surface area contributed by atoms with E-state index in [0.29, 0.717) is 28.7 Å². The molecule has 3 heterocycles. The van der Waals surface area contributed by atoms with Crippen LogP contribution in [0.5, 0.6) is 5.75 Å². The number of ether oxygens (including phenoxy) is 1.